The highest BCUT2D eigenvalue weighted by molar-refractivity contribution is 5.97. The highest BCUT2D eigenvalue weighted by atomic mass is 19.1. The SMILES string of the molecule is CC(=O)c1ccc(N2CCN(C(=O)c3ccc4nc(C)c(C)nc4c3)CC2)c(F)c1. The van der Waals surface area contributed by atoms with Crippen molar-refractivity contribution >= 4 is 28.4 Å². The lowest BCUT2D eigenvalue weighted by molar-refractivity contribution is 0.0746. The van der Waals surface area contributed by atoms with E-state index in [2.05, 4.69) is 9.97 Å². The van der Waals surface area contributed by atoms with E-state index in [-0.39, 0.29) is 11.7 Å². The molecule has 0 saturated carbocycles. The summed E-state index contributed by atoms with van der Waals surface area (Å²) >= 11 is 0. The van der Waals surface area contributed by atoms with Gasteiger partial charge in [0.2, 0.25) is 0 Å². The first-order valence-corrected chi connectivity index (χ1v) is 9.93. The lowest BCUT2D eigenvalue weighted by atomic mass is 10.1. The Hall–Kier alpha value is -3.35. The smallest absolute Gasteiger partial charge is 0.254 e. The molecule has 3 aromatic rings. The van der Waals surface area contributed by atoms with Gasteiger partial charge in [0, 0.05) is 37.3 Å². The van der Waals surface area contributed by atoms with E-state index in [1.54, 1.807) is 29.2 Å². The van der Waals surface area contributed by atoms with E-state index in [9.17, 15) is 14.0 Å². The normalized spacial score (nSPS) is 14.3. The summed E-state index contributed by atoms with van der Waals surface area (Å²) in [5, 5.41) is 0. The number of aryl methyl sites for hydroxylation is 2. The van der Waals surface area contributed by atoms with Crippen molar-refractivity contribution in [2.45, 2.75) is 20.8 Å². The van der Waals surface area contributed by atoms with Crippen LogP contribution < -0.4 is 4.90 Å². The van der Waals surface area contributed by atoms with Gasteiger partial charge in [-0.15, -0.1) is 0 Å². The molecule has 1 amide bonds. The number of hydrogen-bond acceptors (Lipinski definition) is 5. The van der Waals surface area contributed by atoms with Gasteiger partial charge in [0.1, 0.15) is 5.82 Å². The van der Waals surface area contributed by atoms with Crippen LogP contribution in [0.3, 0.4) is 0 Å². The Morgan fingerprint density at radius 3 is 2.13 bits per heavy atom. The number of benzene rings is 2. The predicted molar refractivity (Wildman–Crippen MR) is 114 cm³/mol. The number of nitrogens with zero attached hydrogens (tertiary/aromatic N) is 4. The molecule has 1 aromatic heterocycles. The van der Waals surface area contributed by atoms with Crippen molar-refractivity contribution in [3.8, 4) is 0 Å². The molecule has 0 spiro atoms. The minimum atomic E-state index is -0.416. The topological polar surface area (TPSA) is 66.4 Å². The summed E-state index contributed by atoms with van der Waals surface area (Å²) in [4.78, 5) is 37.1. The average Bonchev–Trinajstić information content (AvgIpc) is 2.74. The van der Waals surface area contributed by atoms with E-state index in [0.29, 0.717) is 48.5 Å². The number of halogens is 1. The lowest BCUT2D eigenvalue weighted by Crippen LogP contribution is -2.49. The number of rotatable bonds is 3. The van der Waals surface area contributed by atoms with Gasteiger partial charge >= 0.3 is 0 Å². The van der Waals surface area contributed by atoms with E-state index >= 15 is 0 Å². The standard InChI is InChI=1S/C23H23FN4O2/c1-14-15(2)26-21-13-18(4-6-20(21)25-14)23(30)28-10-8-27(9-11-28)22-7-5-17(16(3)29)12-19(22)24/h4-7,12-13H,8-11H2,1-3H3. The molecule has 2 aromatic carbocycles. The number of piperazine rings is 1. The van der Waals surface area contributed by atoms with Crippen molar-refractivity contribution in [1.29, 1.82) is 0 Å². The maximum absolute atomic E-state index is 14.4. The molecule has 1 fully saturated rings. The molecule has 1 saturated heterocycles. The van der Waals surface area contributed by atoms with Crippen LogP contribution in [0.4, 0.5) is 10.1 Å². The molecule has 0 unspecified atom stereocenters. The first-order chi connectivity index (χ1) is 14.3. The van der Waals surface area contributed by atoms with Crippen LogP contribution in [-0.2, 0) is 0 Å². The third-order valence-electron chi connectivity index (χ3n) is 5.58. The number of hydrogen-bond donors (Lipinski definition) is 0. The van der Waals surface area contributed by atoms with E-state index in [0.717, 1.165) is 16.9 Å². The zero-order chi connectivity index (χ0) is 21.4. The van der Waals surface area contributed by atoms with Crippen LogP contribution in [0.2, 0.25) is 0 Å². The van der Waals surface area contributed by atoms with Crippen molar-refractivity contribution in [3.63, 3.8) is 0 Å². The van der Waals surface area contributed by atoms with Crippen molar-refractivity contribution < 1.29 is 14.0 Å². The first kappa shape index (κ1) is 19.9. The Kier molecular flexibility index (Phi) is 5.20. The zero-order valence-electron chi connectivity index (χ0n) is 17.3. The van der Waals surface area contributed by atoms with Gasteiger partial charge in [-0.25, -0.2) is 14.4 Å². The summed E-state index contributed by atoms with van der Waals surface area (Å²) in [6.07, 6.45) is 0. The largest absolute Gasteiger partial charge is 0.366 e. The fourth-order valence-electron chi connectivity index (χ4n) is 3.68. The van der Waals surface area contributed by atoms with Crippen molar-refractivity contribution in [3.05, 3.63) is 64.7 Å². The Balaban J connectivity index is 1.47. The van der Waals surface area contributed by atoms with Gasteiger partial charge in [0.05, 0.1) is 28.1 Å². The molecule has 1 aliphatic heterocycles. The molecule has 4 rings (SSSR count). The number of Topliss-reactive ketones (excluding diaryl/α,β-unsaturated/α-hetero) is 1. The fourth-order valence-corrected chi connectivity index (χ4v) is 3.68. The summed E-state index contributed by atoms with van der Waals surface area (Å²) < 4.78 is 14.4. The number of aromatic nitrogens is 2. The summed E-state index contributed by atoms with van der Waals surface area (Å²) in [5.74, 6) is -0.647. The summed E-state index contributed by atoms with van der Waals surface area (Å²) in [5.41, 5.74) is 4.58. The zero-order valence-corrected chi connectivity index (χ0v) is 17.3. The van der Waals surface area contributed by atoms with Gasteiger partial charge in [-0.2, -0.15) is 0 Å². The molecule has 154 valence electrons. The highest BCUT2D eigenvalue weighted by Gasteiger charge is 2.24. The van der Waals surface area contributed by atoms with Gasteiger partial charge < -0.3 is 9.80 Å². The third kappa shape index (κ3) is 3.75. The van der Waals surface area contributed by atoms with Crippen LogP contribution in [-0.4, -0.2) is 52.7 Å². The maximum atomic E-state index is 14.4. The van der Waals surface area contributed by atoms with Gasteiger partial charge in [-0.3, -0.25) is 9.59 Å². The van der Waals surface area contributed by atoms with Crippen LogP contribution in [0.15, 0.2) is 36.4 Å². The van der Waals surface area contributed by atoms with E-state index in [4.69, 9.17) is 0 Å². The minimum absolute atomic E-state index is 0.0658. The van der Waals surface area contributed by atoms with Crippen molar-refractivity contribution in [2.75, 3.05) is 31.1 Å². The lowest BCUT2D eigenvalue weighted by Gasteiger charge is -2.36. The molecule has 0 radical (unpaired) electrons. The monoisotopic (exact) mass is 406 g/mol. The number of fused-ring (bicyclic) bond motifs is 1. The summed E-state index contributed by atoms with van der Waals surface area (Å²) in [6, 6.07) is 9.93. The Labute approximate surface area is 174 Å². The van der Waals surface area contributed by atoms with Crippen LogP contribution in [0.5, 0.6) is 0 Å². The van der Waals surface area contributed by atoms with Gasteiger partial charge in [-0.05, 0) is 57.2 Å². The fraction of sp³-hybridized carbons (Fsp3) is 0.304. The second kappa shape index (κ2) is 7.82. The van der Waals surface area contributed by atoms with E-state index in [1.165, 1.54) is 13.0 Å². The molecule has 30 heavy (non-hydrogen) atoms. The van der Waals surface area contributed by atoms with Gasteiger partial charge in [-0.1, -0.05) is 0 Å². The molecule has 6 nitrogen and oxygen atoms in total. The third-order valence-corrected chi connectivity index (χ3v) is 5.58. The Morgan fingerprint density at radius 2 is 1.50 bits per heavy atom. The maximum Gasteiger partial charge on any atom is 0.254 e. The van der Waals surface area contributed by atoms with E-state index in [1.807, 2.05) is 24.8 Å². The molecular weight excluding hydrogens is 383 g/mol. The van der Waals surface area contributed by atoms with Crippen molar-refractivity contribution in [2.24, 2.45) is 0 Å². The predicted octanol–water partition coefficient (Wildman–Crippen LogP) is 3.55. The molecular formula is C23H23FN4O2. The van der Waals surface area contributed by atoms with Gasteiger partial charge in [0.25, 0.3) is 5.91 Å². The minimum Gasteiger partial charge on any atom is -0.366 e. The number of carbonyl (C=O) groups is 2. The number of carbonyl (C=O) groups excluding carboxylic acids is 2. The first-order valence-electron chi connectivity index (χ1n) is 9.93. The quantitative estimate of drug-likeness (QED) is 0.623. The summed E-state index contributed by atoms with van der Waals surface area (Å²) in [6.45, 7) is 7.25. The molecule has 2 heterocycles. The van der Waals surface area contributed by atoms with Crippen LogP contribution >= 0.6 is 0 Å². The van der Waals surface area contributed by atoms with Crippen LogP contribution in [0.25, 0.3) is 11.0 Å². The van der Waals surface area contributed by atoms with E-state index < -0.39 is 5.82 Å². The molecule has 0 bridgehead atoms. The molecule has 7 heteroatoms. The number of ketones is 1. The number of anilines is 1. The van der Waals surface area contributed by atoms with Crippen LogP contribution in [0, 0.1) is 19.7 Å². The highest BCUT2D eigenvalue weighted by Crippen LogP contribution is 2.23. The van der Waals surface area contributed by atoms with Crippen molar-refractivity contribution in [1.82, 2.24) is 14.9 Å². The average molecular weight is 406 g/mol. The second-order valence-corrected chi connectivity index (χ2v) is 7.60. The molecule has 1 aliphatic rings. The Bertz CT molecular complexity index is 1150. The molecule has 0 aliphatic carbocycles. The second-order valence-electron chi connectivity index (χ2n) is 7.60. The Morgan fingerprint density at radius 1 is 0.867 bits per heavy atom. The van der Waals surface area contributed by atoms with Gasteiger partial charge in [0.15, 0.2) is 5.78 Å². The molecule has 0 atom stereocenters. The molecule has 0 N–H and O–H groups in total. The van der Waals surface area contributed by atoms with Crippen LogP contribution in [0.1, 0.15) is 39.0 Å². The number of amides is 1. The summed E-state index contributed by atoms with van der Waals surface area (Å²) in [7, 11) is 0.